The maximum Gasteiger partial charge on any atom is 0.373 e. The van der Waals surface area contributed by atoms with Crippen LogP contribution in [0, 0.1) is 0 Å². The Hall–Kier alpha value is -2.10. The van der Waals surface area contributed by atoms with Crippen molar-refractivity contribution in [2.45, 2.75) is 0 Å². The van der Waals surface area contributed by atoms with Gasteiger partial charge in [0.1, 0.15) is 0 Å². The first-order chi connectivity index (χ1) is 7.11. The molecule has 0 bridgehead atoms. The molecule has 4 nitrogen and oxygen atoms in total. The van der Waals surface area contributed by atoms with Crippen molar-refractivity contribution in [1.82, 2.24) is 0 Å². The van der Waals surface area contributed by atoms with E-state index in [9.17, 15) is 9.59 Å². The zero-order chi connectivity index (χ0) is 11.3. The van der Waals surface area contributed by atoms with Crippen LogP contribution in [0.1, 0.15) is 10.4 Å². The van der Waals surface area contributed by atoms with Gasteiger partial charge in [-0.05, 0) is 6.58 Å². The highest BCUT2D eigenvalue weighted by Crippen LogP contribution is 2.00. The Bertz CT molecular complexity index is 381. The van der Waals surface area contributed by atoms with E-state index in [1.165, 1.54) is 0 Å². The molecular formula is C11H10O4. The Morgan fingerprint density at radius 2 is 1.87 bits per heavy atom. The third-order valence-corrected chi connectivity index (χ3v) is 1.67. The van der Waals surface area contributed by atoms with Crippen molar-refractivity contribution < 1.29 is 19.4 Å². The number of aliphatic hydroxyl groups is 1. The van der Waals surface area contributed by atoms with Crippen LogP contribution in [0.3, 0.4) is 0 Å². The van der Waals surface area contributed by atoms with Crippen molar-refractivity contribution in [2.24, 2.45) is 0 Å². The highest BCUT2D eigenvalue weighted by molar-refractivity contribution is 5.98. The van der Waals surface area contributed by atoms with Gasteiger partial charge in [-0.25, -0.2) is 4.79 Å². The Labute approximate surface area is 86.8 Å². The summed E-state index contributed by atoms with van der Waals surface area (Å²) in [5, 5.41) is 8.62. The van der Waals surface area contributed by atoms with Crippen molar-refractivity contribution in [1.29, 1.82) is 0 Å². The summed E-state index contributed by atoms with van der Waals surface area (Å²) in [7, 11) is 0. The minimum atomic E-state index is -0.987. The van der Waals surface area contributed by atoms with Gasteiger partial charge in [-0.15, -0.1) is 0 Å². The van der Waals surface area contributed by atoms with Gasteiger partial charge in [0.15, 0.2) is 18.1 Å². The molecule has 1 aromatic carbocycles. The van der Waals surface area contributed by atoms with Crippen LogP contribution in [0.15, 0.2) is 42.7 Å². The minimum Gasteiger partial charge on any atom is -0.502 e. The quantitative estimate of drug-likeness (QED) is 0.351. The molecule has 0 radical (unpaired) electrons. The molecule has 0 saturated carbocycles. The molecule has 0 spiro atoms. The number of esters is 1. The number of aliphatic hydroxyl groups excluding tert-OH is 1. The zero-order valence-electron chi connectivity index (χ0n) is 7.97. The van der Waals surface area contributed by atoms with Crippen molar-refractivity contribution >= 4 is 11.8 Å². The number of hydrogen-bond donors (Lipinski definition) is 1. The molecule has 1 rings (SSSR count). The largest absolute Gasteiger partial charge is 0.502 e. The molecular weight excluding hydrogens is 196 g/mol. The molecule has 0 aliphatic heterocycles. The van der Waals surface area contributed by atoms with E-state index in [0.29, 0.717) is 5.56 Å². The molecule has 0 saturated heterocycles. The summed E-state index contributed by atoms with van der Waals surface area (Å²) in [6, 6.07) is 8.42. The van der Waals surface area contributed by atoms with Crippen molar-refractivity contribution in [3.05, 3.63) is 48.2 Å². The fourth-order valence-corrected chi connectivity index (χ4v) is 0.922. The number of benzene rings is 1. The Kier molecular flexibility index (Phi) is 3.62. The highest BCUT2D eigenvalue weighted by atomic mass is 16.5. The summed E-state index contributed by atoms with van der Waals surface area (Å²) in [5.41, 5.74) is 0.453. The number of carbonyl (C=O) groups excluding carboxylic acids is 2. The predicted octanol–water partition coefficient (Wildman–Crippen LogP) is 1.48. The molecule has 0 aliphatic rings. The molecule has 4 heteroatoms. The van der Waals surface area contributed by atoms with Crippen LogP contribution in [0.25, 0.3) is 0 Å². The highest BCUT2D eigenvalue weighted by Gasteiger charge is 2.10. The van der Waals surface area contributed by atoms with Gasteiger partial charge >= 0.3 is 5.97 Å². The molecule has 78 valence electrons. The van der Waals surface area contributed by atoms with E-state index < -0.39 is 18.3 Å². The monoisotopic (exact) mass is 206 g/mol. The Morgan fingerprint density at radius 1 is 1.27 bits per heavy atom. The van der Waals surface area contributed by atoms with Crippen LogP contribution in [-0.2, 0) is 9.53 Å². The zero-order valence-corrected chi connectivity index (χ0v) is 7.97. The lowest BCUT2D eigenvalue weighted by atomic mass is 10.1. The second kappa shape index (κ2) is 4.95. The summed E-state index contributed by atoms with van der Waals surface area (Å²) in [6.45, 7) is 2.58. The van der Waals surface area contributed by atoms with Crippen LogP contribution < -0.4 is 0 Å². The summed E-state index contributed by atoms with van der Waals surface area (Å²) in [5.74, 6) is -2.03. The van der Waals surface area contributed by atoms with E-state index in [-0.39, 0.29) is 5.78 Å². The summed E-state index contributed by atoms with van der Waals surface area (Å²) >= 11 is 0. The van der Waals surface area contributed by atoms with Gasteiger partial charge in [0.05, 0.1) is 0 Å². The topological polar surface area (TPSA) is 63.6 Å². The molecule has 0 aliphatic carbocycles. The molecule has 1 N–H and O–H groups in total. The minimum absolute atomic E-state index is 0.329. The second-order valence-electron chi connectivity index (χ2n) is 2.81. The van der Waals surface area contributed by atoms with Gasteiger partial charge in [0, 0.05) is 5.56 Å². The van der Waals surface area contributed by atoms with E-state index in [1.54, 1.807) is 30.3 Å². The van der Waals surface area contributed by atoms with Crippen LogP contribution in [0.4, 0.5) is 0 Å². The molecule has 0 heterocycles. The summed E-state index contributed by atoms with van der Waals surface area (Å²) in [4.78, 5) is 22.1. The SMILES string of the molecule is C=C(O)C(=O)OCC(=O)c1ccccc1. The van der Waals surface area contributed by atoms with Gasteiger partial charge in [-0.3, -0.25) is 4.79 Å². The van der Waals surface area contributed by atoms with Gasteiger partial charge < -0.3 is 9.84 Å². The van der Waals surface area contributed by atoms with Gasteiger partial charge in [0.2, 0.25) is 0 Å². The Balaban J connectivity index is 2.51. The second-order valence-corrected chi connectivity index (χ2v) is 2.81. The molecule has 0 amide bonds. The van der Waals surface area contributed by atoms with Gasteiger partial charge in [0.25, 0.3) is 0 Å². The number of carbonyl (C=O) groups is 2. The van der Waals surface area contributed by atoms with E-state index in [2.05, 4.69) is 11.3 Å². The first-order valence-corrected chi connectivity index (χ1v) is 4.24. The summed E-state index contributed by atoms with van der Waals surface area (Å²) < 4.78 is 4.48. The number of ketones is 1. The Morgan fingerprint density at radius 3 is 2.40 bits per heavy atom. The summed E-state index contributed by atoms with van der Waals surface area (Å²) in [6.07, 6.45) is 0. The molecule has 0 unspecified atom stereocenters. The molecule has 15 heavy (non-hydrogen) atoms. The number of Topliss-reactive ketones (excluding diaryl/α,β-unsaturated/α-hetero) is 1. The van der Waals surface area contributed by atoms with Crippen molar-refractivity contribution in [3.63, 3.8) is 0 Å². The molecule has 0 fully saturated rings. The van der Waals surface area contributed by atoms with Gasteiger partial charge in [-0.2, -0.15) is 0 Å². The maximum absolute atomic E-state index is 11.4. The lowest BCUT2D eigenvalue weighted by Gasteiger charge is -2.02. The van der Waals surface area contributed by atoms with E-state index in [0.717, 1.165) is 0 Å². The van der Waals surface area contributed by atoms with Crippen LogP contribution >= 0.6 is 0 Å². The number of ether oxygens (including phenoxy) is 1. The van der Waals surface area contributed by atoms with E-state index in [1.807, 2.05) is 0 Å². The first kappa shape index (κ1) is 11.0. The normalized spacial score (nSPS) is 9.33. The molecule has 0 atom stereocenters. The lowest BCUT2D eigenvalue weighted by molar-refractivity contribution is -0.140. The average Bonchev–Trinajstić information content (AvgIpc) is 2.26. The third-order valence-electron chi connectivity index (χ3n) is 1.67. The molecule has 1 aromatic rings. The van der Waals surface area contributed by atoms with Crippen molar-refractivity contribution in [2.75, 3.05) is 6.61 Å². The standard InChI is InChI=1S/C11H10O4/c1-8(12)11(14)15-7-10(13)9-5-3-2-4-6-9/h2-6,12H,1,7H2. The fourth-order valence-electron chi connectivity index (χ4n) is 0.922. The first-order valence-electron chi connectivity index (χ1n) is 4.24. The third kappa shape index (κ3) is 3.27. The van der Waals surface area contributed by atoms with E-state index in [4.69, 9.17) is 5.11 Å². The smallest absolute Gasteiger partial charge is 0.373 e. The van der Waals surface area contributed by atoms with Gasteiger partial charge in [-0.1, -0.05) is 30.3 Å². The van der Waals surface area contributed by atoms with Crippen LogP contribution in [0.2, 0.25) is 0 Å². The van der Waals surface area contributed by atoms with Crippen molar-refractivity contribution in [3.8, 4) is 0 Å². The average molecular weight is 206 g/mol. The van der Waals surface area contributed by atoms with Crippen LogP contribution in [-0.4, -0.2) is 23.5 Å². The number of rotatable bonds is 4. The van der Waals surface area contributed by atoms with Crippen LogP contribution in [0.5, 0.6) is 0 Å². The van der Waals surface area contributed by atoms with E-state index >= 15 is 0 Å². The lowest BCUT2D eigenvalue weighted by Crippen LogP contribution is -2.14. The number of hydrogen-bond acceptors (Lipinski definition) is 4. The molecule has 0 aromatic heterocycles. The fraction of sp³-hybridized carbons (Fsp3) is 0.0909. The predicted molar refractivity (Wildman–Crippen MR) is 53.5 cm³/mol. The maximum atomic E-state index is 11.4.